The maximum Gasteiger partial charge on any atom is 0.191 e. The van der Waals surface area contributed by atoms with Gasteiger partial charge in [0.1, 0.15) is 17.9 Å². The third kappa shape index (κ3) is 3.19. The van der Waals surface area contributed by atoms with Crippen LogP contribution in [-0.4, -0.2) is 42.0 Å². The Morgan fingerprint density at radius 3 is 2.80 bits per heavy atom. The number of nitrogens with zero attached hydrogens (tertiary/aromatic N) is 4. The molecule has 0 saturated carbocycles. The molecule has 6 nitrogen and oxygen atoms in total. The molecule has 3 heterocycles. The molecule has 1 fully saturated rings. The highest BCUT2D eigenvalue weighted by atomic mass is 32.1. The summed E-state index contributed by atoms with van der Waals surface area (Å²) in [7, 11) is 0. The highest BCUT2D eigenvalue weighted by Gasteiger charge is 2.20. The Morgan fingerprint density at radius 1 is 1.28 bits per heavy atom. The summed E-state index contributed by atoms with van der Waals surface area (Å²) in [5, 5.41) is 4.23. The lowest BCUT2D eigenvalue weighted by atomic mass is 10.1. The number of piperazine rings is 1. The van der Waals surface area contributed by atoms with Gasteiger partial charge in [-0.05, 0) is 13.0 Å². The van der Waals surface area contributed by atoms with Crippen LogP contribution in [0.4, 0.5) is 5.13 Å². The number of nitrogens with two attached hydrogens (primary N) is 1. The number of rotatable bonds is 3. The molecule has 0 atom stereocenters. The fourth-order valence-corrected chi connectivity index (χ4v) is 3.82. The van der Waals surface area contributed by atoms with Gasteiger partial charge in [-0.25, -0.2) is 9.98 Å². The molecular formula is C18H21N5OS. The van der Waals surface area contributed by atoms with Crippen LogP contribution in [0.3, 0.4) is 0 Å². The van der Waals surface area contributed by atoms with Gasteiger partial charge in [-0.1, -0.05) is 18.2 Å². The van der Waals surface area contributed by atoms with Gasteiger partial charge in [0.2, 0.25) is 0 Å². The number of aryl methyl sites for hydroxylation is 1. The van der Waals surface area contributed by atoms with Crippen molar-refractivity contribution in [3.8, 4) is 0 Å². The molecule has 1 saturated heterocycles. The van der Waals surface area contributed by atoms with E-state index in [1.54, 1.807) is 11.3 Å². The van der Waals surface area contributed by atoms with Crippen LogP contribution in [0.5, 0.6) is 0 Å². The molecule has 4 rings (SSSR count). The molecule has 3 aromatic rings. The van der Waals surface area contributed by atoms with Crippen molar-refractivity contribution in [1.82, 2.24) is 9.88 Å². The maximum atomic E-state index is 6.21. The fourth-order valence-electron chi connectivity index (χ4n) is 3.13. The predicted molar refractivity (Wildman–Crippen MR) is 102 cm³/mol. The number of furan rings is 1. The van der Waals surface area contributed by atoms with Crippen molar-refractivity contribution in [2.45, 2.75) is 13.5 Å². The van der Waals surface area contributed by atoms with Gasteiger partial charge in [-0.15, -0.1) is 11.3 Å². The van der Waals surface area contributed by atoms with Crippen LogP contribution in [0.1, 0.15) is 11.3 Å². The minimum Gasteiger partial charge on any atom is -0.459 e. The number of aliphatic imine (C=N–C) groups is 1. The molecule has 0 amide bonds. The van der Waals surface area contributed by atoms with Crippen molar-refractivity contribution in [2.75, 3.05) is 31.1 Å². The third-order valence-corrected chi connectivity index (χ3v) is 5.45. The van der Waals surface area contributed by atoms with E-state index in [-0.39, 0.29) is 0 Å². The molecule has 1 aliphatic heterocycles. The molecule has 7 heteroatoms. The summed E-state index contributed by atoms with van der Waals surface area (Å²) in [6, 6.07) is 8.06. The van der Waals surface area contributed by atoms with E-state index < -0.39 is 0 Å². The van der Waals surface area contributed by atoms with Gasteiger partial charge in [0.15, 0.2) is 11.1 Å². The van der Waals surface area contributed by atoms with Gasteiger partial charge >= 0.3 is 0 Å². The second-order valence-corrected chi connectivity index (χ2v) is 6.98. The number of fused-ring (bicyclic) bond motifs is 1. The van der Waals surface area contributed by atoms with E-state index in [1.807, 2.05) is 29.8 Å². The van der Waals surface area contributed by atoms with Crippen molar-refractivity contribution >= 4 is 33.4 Å². The smallest absolute Gasteiger partial charge is 0.191 e. The van der Waals surface area contributed by atoms with Gasteiger partial charge in [0.25, 0.3) is 0 Å². The molecule has 0 bridgehead atoms. The number of aromatic nitrogens is 1. The predicted octanol–water partition coefficient (Wildman–Crippen LogP) is 2.83. The molecular weight excluding hydrogens is 334 g/mol. The van der Waals surface area contributed by atoms with Gasteiger partial charge in [0, 0.05) is 48.7 Å². The highest BCUT2D eigenvalue weighted by molar-refractivity contribution is 7.13. The molecule has 0 spiro atoms. The lowest BCUT2D eigenvalue weighted by Crippen LogP contribution is -2.51. The second-order valence-electron chi connectivity index (χ2n) is 6.11. The van der Waals surface area contributed by atoms with Crippen LogP contribution < -0.4 is 10.6 Å². The van der Waals surface area contributed by atoms with Crippen molar-refractivity contribution in [3.63, 3.8) is 0 Å². The normalized spacial score (nSPS) is 16.0. The van der Waals surface area contributed by atoms with E-state index in [9.17, 15) is 0 Å². The number of hydrogen-bond acceptors (Lipinski definition) is 5. The van der Waals surface area contributed by atoms with E-state index in [0.29, 0.717) is 12.5 Å². The zero-order chi connectivity index (χ0) is 17.2. The van der Waals surface area contributed by atoms with Crippen LogP contribution in [0.25, 0.3) is 11.0 Å². The Morgan fingerprint density at radius 2 is 2.08 bits per heavy atom. The minimum absolute atomic E-state index is 0.471. The lowest BCUT2D eigenvalue weighted by Gasteiger charge is -2.35. The zero-order valence-electron chi connectivity index (χ0n) is 14.2. The minimum atomic E-state index is 0.471. The monoisotopic (exact) mass is 355 g/mol. The number of benzene rings is 1. The van der Waals surface area contributed by atoms with E-state index in [2.05, 4.69) is 32.8 Å². The van der Waals surface area contributed by atoms with E-state index in [1.165, 1.54) is 0 Å². The summed E-state index contributed by atoms with van der Waals surface area (Å²) in [4.78, 5) is 13.3. The summed E-state index contributed by atoms with van der Waals surface area (Å²) in [5.74, 6) is 1.46. The summed E-state index contributed by atoms with van der Waals surface area (Å²) >= 11 is 1.67. The number of guanidine groups is 1. The SMILES string of the molecule is Cc1c(CN=C(N)N2CCN(c3nccs3)CC2)oc2ccccc12. The fraction of sp³-hybridized carbons (Fsp3) is 0.333. The first-order valence-corrected chi connectivity index (χ1v) is 9.26. The van der Waals surface area contributed by atoms with Crippen molar-refractivity contribution in [1.29, 1.82) is 0 Å². The van der Waals surface area contributed by atoms with Crippen molar-refractivity contribution in [3.05, 3.63) is 47.2 Å². The Bertz CT molecular complexity index is 878. The molecule has 0 radical (unpaired) electrons. The van der Waals surface area contributed by atoms with Gasteiger partial charge in [-0.3, -0.25) is 0 Å². The largest absolute Gasteiger partial charge is 0.459 e. The van der Waals surface area contributed by atoms with Crippen molar-refractivity contribution < 1.29 is 4.42 Å². The molecule has 0 aliphatic carbocycles. The second kappa shape index (κ2) is 6.76. The molecule has 2 aromatic heterocycles. The van der Waals surface area contributed by atoms with Gasteiger partial charge in [0.05, 0.1) is 0 Å². The Balaban J connectivity index is 1.41. The molecule has 1 aromatic carbocycles. The Kier molecular flexibility index (Phi) is 4.31. The van der Waals surface area contributed by atoms with Crippen LogP contribution in [0.2, 0.25) is 0 Å². The molecule has 25 heavy (non-hydrogen) atoms. The first-order chi connectivity index (χ1) is 12.2. The summed E-state index contributed by atoms with van der Waals surface area (Å²) in [6.45, 7) is 6.07. The lowest BCUT2D eigenvalue weighted by molar-refractivity contribution is 0.380. The summed E-state index contributed by atoms with van der Waals surface area (Å²) in [5.41, 5.74) is 8.25. The zero-order valence-corrected chi connectivity index (χ0v) is 15.0. The number of anilines is 1. The van der Waals surface area contributed by atoms with Crippen LogP contribution in [0.15, 0.2) is 45.3 Å². The van der Waals surface area contributed by atoms with Crippen LogP contribution in [-0.2, 0) is 6.54 Å². The Labute approximate surface area is 150 Å². The third-order valence-electron chi connectivity index (χ3n) is 4.62. The highest BCUT2D eigenvalue weighted by Crippen LogP contribution is 2.25. The summed E-state index contributed by atoms with van der Waals surface area (Å²) < 4.78 is 5.91. The van der Waals surface area contributed by atoms with E-state index in [0.717, 1.165) is 53.6 Å². The topological polar surface area (TPSA) is 70.9 Å². The summed E-state index contributed by atoms with van der Waals surface area (Å²) in [6.07, 6.45) is 1.85. The van der Waals surface area contributed by atoms with Crippen molar-refractivity contribution in [2.24, 2.45) is 10.7 Å². The number of para-hydroxylation sites is 1. The number of hydrogen-bond donors (Lipinski definition) is 1. The maximum absolute atomic E-state index is 6.21. The quantitative estimate of drug-likeness (QED) is 0.578. The molecule has 1 aliphatic rings. The van der Waals surface area contributed by atoms with E-state index in [4.69, 9.17) is 10.2 Å². The average molecular weight is 355 g/mol. The average Bonchev–Trinajstić information content (AvgIpc) is 3.29. The van der Waals surface area contributed by atoms with Crippen LogP contribution >= 0.6 is 11.3 Å². The number of thiazole rings is 1. The van der Waals surface area contributed by atoms with Gasteiger partial charge < -0.3 is 20.0 Å². The molecule has 2 N–H and O–H groups in total. The van der Waals surface area contributed by atoms with E-state index >= 15 is 0 Å². The standard InChI is InChI=1S/C18H21N5OS/c1-13-14-4-2-3-5-15(14)24-16(13)12-21-17(19)22-7-9-23(10-8-22)18-20-6-11-25-18/h2-6,11H,7-10,12H2,1H3,(H2,19,21). The first-order valence-electron chi connectivity index (χ1n) is 8.38. The molecule has 0 unspecified atom stereocenters. The first kappa shape index (κ1) is 16.0. The van der Waals surface area contributed by atoms with Gasteiger partial charge in [-0.2, -0.15) is 0 Å². The Hall–Kier alpha value is -2.54. The molecule has 130 valence electrons. The van der Waals surface area contributed by atoms with Crippen LogP contribution in [0, 0.1) is 6.92 Å².